The first-order valence-corrected chi connectivity index (χ1v) is 9.03. The second-order valence-electron chi connectivity index (χ2n) is 5.68. The molecule has 0 radical (unpaired) electrons. The third kappa shape index (κ3) is 10.2. The molecule has 0 saturated heterocycles. The highest BCUT2D eigenvalue weighted by molar-refractivity contribution is 6.30. The molecule has 0 aliphatic heterocycles. The van der Waals surface area contributed by atoms with Gasteiger partial charge in [-0.25, -0.2) is 9.59 Å². The molecule has 30 heavy (non-hydrogen) atoms. The maximum atomic E-state index is 9.55. The van der Waals surface area contributed by atoms with Gasteiger partial charge in [-0.15, -0.1) is 0 Å². The van der Waals surface area contributed by atoms with Gasteiger partial charge in [0.25, 0.3) is 0 Å². The van der Waals surface area contributed by atoms with Gasteiger partial charge in [-0.05, 0) is 29.8 Å². The molecule has 2 aromatic carbocycles. The summed E-state index contributed by atoms with van der Waals surface area (Å²) in [6, 6.07) is 14.8. The zero-order valence-corrected chi connectivity index (χ0v) is 16.9. The fourth-order valence-corrected chi connectivity index (χ4v) is 2.23. The van der Waals surface area contributed by atoms with Crippen molar-refractivity contribution in [3.05, 3.63) is 70.8 Å². The molecule has 0 unspecified atom stereocenters. The molecule has 2 rings (SSSR count). The third-order valence-corrected chi connectivity index (χ3v) is 3.61. The Morgan fingerprint density at radius 2 is 1.87 bits per heavy atom. The van der Waals surface area contributed by atoms with Gasteiger partial charge in [0.05, 0.1) is 12.2 Å². The summed E-state index contributed by atoms with van der Waals surface area (Å²) in [6.45, 7) is 2.18. The Bertz CT molecular complexity index is 908. The van der Waals surface area contributed by atoms with Gasteiger partial charge >= 0.3 is 11.9 Å². The van der Waals surface area contributed by atoms with Crippen molar-refractivity contribution in [3.63, 3.8) is 0 Å². The number of carboxylic acids is 2. The number of nitrogens with one attached hydrogen (secondary N) is 1. The van der Waals surface area contributed by atoms with Gasteiger partial charge in [-0.3, -0.25) is 0 Å². The number of benzene rings is 2. The summed E-state index contributed by atoms with van der Waals surface area (Å²) in [4.78, 5) is 19.1. The van der Waals surface area contributed by atoms with Crippen molar-refractivity contribution in [1.82, 2.24) is 5.32 Å². The molecule has 0 aromatic heterocycles. The zero-order valence-electron chi connectivity index (χ0n) is 16.2. The molecule has 0 spiro atoms. The van der Waals surface area contributed by atoms with E-state index in [-0.39, 0.29) is 0 Å². The molecule has 0 atom stereocenters. The fourth-order valence-electron chi connectivity index (χ4n) is 2.07. The van der Waals surface area contributed by atoms with Crippen molar-refractivity contribution in [1.29, 1.82) is 5.26 Å². The minimum atomic E-state index is -1.26. The van der Waals surface area contributed by atoms with Gasteiger partial charge < -0.3 is 25.0 Å². The zero-order chi connectivity index (χ0) is 22.4. The average molecular weight is 433 g/mol. The minimum absolute atomic E-state index is 0.452. The first-order chi connectivity index (χ1) is 14.3. The van der Waals surface area contributed by atoms with Crippen molar-refractivity contribution < 1.29 is 29.3 Å². The molecule has 0 aliphatic carbocycles. The molecule has 0 aliphatic rings. The van der Waals surface area contributed by atoms with Crippen LogP contribution in [0.25, 0.3) is 0 Å². The lowest BCUT2D eigenvalue weighted by Gasteiger charge is -2.10. The number of aliphatic carboxylic acids is 2. The smallest absolute Gasteiger partial charge is 0.328 e. The molecule has 9 heteroatoms. The first-order valence-electron chi connectivity index (χ1n) is 8.65. The number of carboxylic acid groups (broad SMARTS) is 2. The highest BCUT2D eigenvalue weighted by Gasteiger charge is 2.06. The predicted molar refractivity (Wildman–Crippen MR) is 111 cm³/mol. The summed E-state index contributed by atoms with van der Waals surface area (Å²) < 4.78 is 10.8. The Morgan fingerprint density at radius 1 is 1.17 bits per heavy atom. The molecular weight excluding hydrogens is 412 g/mol. The maximum Gasteiger partial charge on any atom is 0.328 e. The van der Waals surface area contributed by atoms with E-state index in [9.17, 15) is 9.59 Å². The van der Waals surface area contributed by atoms with Crippen LogP contribution < -0.4 is 10.1 Å². The normalized spacial score (nSPS) is 10.0. The summed E-state index contributed by atoms with van der Waals surface area (Å²) >= 11 is 5.96. The van der Waals surface area contributed by atoms with E-state index in [1.165, 1.54) is 0 Å². The van der Waals surface area contributed by atoms with E-state index in [0.29, 0.717) is 40.8 Å². The van der Waals surface area contributed by atoms with E-state index in [0.717, 1.165) is 18.7 Å². The van der Waals surface area contributed by atoms with Gasteiger partial charge in [0.2, 0.25) is 0 Å². The minimum Gasteiger partial charge on any atom is -0.478 e. The number of nitriles is 1. The Labute approximate surface area is 178 Å². The number of carbonyl (C=O) groups is 2. The number of ether oxygens (including phenoxy) is 2. The van der Waals surface area contributed by atoms with E-state index in [4.69, 9.17) is 36.5 Å². The lowest BCUT2D eigenvalue weighted by Crippen LogP contribution is -2.18. The molecule has 0 heterocycles. The van der Waals surface area contributed by atoms with Crippen LogP contribution in [0, 0.1) is 11.3 Å². The van der Waals surface area contributed by atoms with Crippen LogP contribution in [0.15, 0.2) is 54.6 Å². The molecular formula is C21H21ClN2O6. The summed E-state index contributed by atoms with van der Waals surface area (Å²) in [5.41, 5.74) is 1.54. The van der Waals surface area contributed by atoms with Crippen LogP contribution in [-0.2, 0) is 20.9 Å². The van der Waals surface area contributed by atoms with Crippen molar-refractivity contribution in [2.75, 3.05) is 20.3 Å². The Morgan fingerprint density at radius 3 is 2.47 bits per heavy atom. The number of hydrogen-bond donors (Lipinski definition) is 3. The number of nitrogens with zero attached hydrogens (tertiary/aromatic N) is 1. The van der Waals surface area contributed by atoms with Crippen LogP contribution in [0.4, 0.5) is 0 Å². The van der Waals surface area contributed by atoms with Crippen molar-refractivity contribution in [3.8, 4) is 17.6 Å². The Kier molecular flexibility index (Phi) is 11.3. The molecule has 2 aromatic rings. The molecule has 0 fully saturated rings. The average Bonchev–Trinajstić information content (AvgIpc) is 2.71. The predicted octanol–water partition coefficient (Wildman–Crippen LogP) is 3.45. The van der Waals surface area contributed by atoms with Crippen LogP contribution in [0.5, 0.6) is 11.5 Å². The summed E-state index contributed by atoms with van der Waals surface area (Å²) in [6.07, 6.45) is 1.12. The quantitative estimate of drug-likeness (QED) is 0.406. The van der Waals surface area contributed by atoms with Crippen molar-refractivity contribution >= 4 is 23.5 Å². The van der Waals surface area contributed by atoms with E-state index < -0.39 is 11.9 Å². The maximum absolute atomic E-state index is 9.55. The summed E-state index contributed by atoms with van der Waals surface area (Å²) in [5.74, 6) is -1.39. The van der Waals surface area contributed by atoms with Gasteiger partial charge in [0.15, 0.2) is 0 Å². The Balaban J connectivity index is 0.000000479. The van der Waals surface area contributed by atoms with Crippen molar-refractivity contribution in [2.45, 2.75) is 6.54 Å². The summed E-state index contributed by atoms with van der Waals surface area (Å²) in [5, 5.41) is 28.5. The van der Waals surface area contributed by atoms with Crippen LogP contribution >= 0.6 is 11.6 Å². The Hall–Kier alpha value is -3.38. The van der Waals surface area contributed by atoms with Crippen LogP contribution in [0.2, 0.25) is 5.02 Å². The van der Waals surface area contributed by atoms with E-state index in [2.05, 4.69) is 11.4 Å². The topological polar surface area (TPSA) is 129 Å². The van der Waals surface area contributed by atoms with Crippen LogP contribution in [0.3, 0.4) is 0 Å². The largest absolute Gasteiger partial charge is 0.478 e. The van der Waals surface area contributed by atoms with Crippen LogP contribution in [-0.4, -0.2) is 42.4 Å². The molecule has 0 bridgehead atoms. The molecule has 0 amide bonds. The number of methoxy groups -OCH3 is 1. The second-order valence-corrected chi connectivity index (χ2v) is 6.12. The lowest BCUT2D eigenvalue weighted by molar-refractivity contribution is -0.134. The second kappa shape index (κ2) is 13.7. The molecule has 0 saturated carbocycles. The number of rotatable bonds is 9. The summed E-state index contributed by atoms with van der Waals surface area (Å²) in [7, 11) is 1.67. The first kappa shape index (κ1) is 24.7. The van der Waals surface area contributed by atoms with Gasteiger partial charge in [-0.1, -0.05) is 23.7 Å². The van der Waals surface area contributed by atoms with Gasteiger partial charge in [-0.2, -0.15) is 5.26 Å². The molecule has 3 N–H and O–H groups in total. The molecule has 8 nitrogen and oxygen atoms in total. The molecule has 158 valence electrons. The highest BCUT2D eigenvalue weighted by atomic mass is 35.5. The van der Waals surface area contributed by atoms with Gasteiger partial charge in [0.1, 0.15) is 17.6 Å². The number of halogens is 1. The van der Waals surface area contributed by atoms with Crippen LogP contribution in [0.1, 0.15) is 11.1 Å². The van der Waals surface area contributed by atoms with E-state index >= 15 is 0 Å². The number of hydrogen-bond acceptors (Lipinski definition) is 6. The van der Waals surface area contributed by atoms with E-state index in [1.807, 2.05) is 24.3 Å². The van der Waals surface area contributed by atoms with Gasteiger partial charge in [0, 0.05) is 43.4 Å². The highest BCUT2D eigenvalue weighted by Crippen LogP contribution is 2.28. The standard InChI is InChI=1S/C17H17ClN2O2.C4H4O4/c1-21-8-7-20-12-13-3-2-4-16(9-13)22-17-10-15(18)6-5-14(17)11-19;5-3(6)1-2-4(7)8/h2-6,9-10,20H,7-8,12H2,1H3;1-2H,(H,5,6)(H,7,8)/b;2-1+. The van der Waals surface area contributed by atoms with E-state index in [1.54, 1.807) is 25.3 Å². The fraction of sp³-hybridized carbons (Fsp3) is 0.190. The lowest BCUT2D eigenvalue weighted by atomic mass is 10.2. The van der Waals surface area contributed by atoms with Crippen molar-refractivity contribution in [2.24, 2.45) is 0 Å². The SMILES string of the molecule is COCCNCc1cccc(Oc2cc(Cl)ccc2C#N)c1.O=C(O)/C=C/C(=O)O. The third-order valence-electron chi connectivity index (χ3n) is 3.37. The monoisotopic (exact) mass is 432 g/mol.